The van der Waals surface area contributed by atoms with E-state index in [4.69, 9.17) is 17.3 Å². The van der Waals surface area contributed by atoms with E-state index >= 15 is 0 Å². The van der Waals surface area contributed by atoms with Crippen LogP contribution in [0.1, 0.15) is 21.7 Å². The van der Waals surface area contributed by atoms with Gasteiger partial charge in [0.05, 0.1) is 16.2 Å². The second kappa shape index (κ2) is 8.99. The Kier molecular flexibility index (Phi) is 6.60. The molecule has 0 atom stereocenters. The van der Waals surface area contributed by atoms with Crippen molar-refractivity contribution in [1.82, 2.24) is 0 Å². The highest BCUT2D eigenvalue weighted by atomic mass is 35.5. The van der Waals surface area contributed by atoms with E-state index in [1.807, 2.05) is 37.3 Å². The molecule has 3 rings (SSSR count). The third kappa shape index (κ3) is 4.89. The maximum absolute atomic E-state index is 12.4. The van der Waals surface area contributed by atoms with Gasteiger partial charge in [0.2, 0.25) is 5.91 Å². The van der Waals surface area contributed by atoms with Crippen LogP contribution in [0.4, 0.5) is 5.00 Å². The third-order valence-electron chi connectivity index (χ3n) is 4.42. The van der Waals surface area contributed by atoms with E-state index in [9.17, 15) is 18.0 Å². The first kappa shape index (κ1) is 22.0. The maximum atomic E-state index is 12.4. The lowest BCUT2D eigenvalue weighted by Gasteiger charge is -2.08. The molecule has 0 unspecified atom stereocenters. The normalized spacial score (nSPS) is 11.3. The molecule has 30 heavy (non-hydrogen) atoms. The Morgan fingerprint density at radius 1 is 1.07 bits per heavy atom. The lowest BCUT2D eigenvalue weighted by atomic mass is 10.0. The summed E-state index contributed by atoms with van der Waals surface area (Å²) in [5.41, 5.74) is 7.28. The number of anilines is 1. The van der Waals surface area contributed by atoms with Crippen LogP contribution in [0.25, 0.3) is 11.1 Å². The number of sulfone groups is 1. The fraction of sp³-hybridized carbons (Fsp3) is 0.143. The van der Waals surface area contributed by atoms with Gasteiger partial charge >= 0.3 is 0 Å². The zero-order valence-corrected chi connectivity index (χ0v) is 18.4. The van der Waals surface area contributed by atoms with E-state index in [-0.39, 0.29) is 22.6 Å². The van der Waals surface area contributed by atoms with E-state index < -0.39 is 21.7 Å². The Hall–Kier alpha value is -2.68. The molecule has 0 radical (unpaired) electrons. The topological polar surface area (TPSA) is 106 Å². The van der Waals surface area contributed by atoms with Crippen LogP contribution in [0.5, 0.6) is 0 Å². The number of amides is 2. The van der Waals surface area contributed by atoms with Crippen LogP contribution < -0.4 is 11.1 Å². The summed E-state index contributed by atoms with van der Waals surface area (Å²) < 4.78 is 24.8. The number of thiophene rings is 1. The Bertz CT molecular complexity index is 1190. The van der Waals surface area contributed by atoms with Crippen LogP contribution in [-0.4, -0.2) is 26.0 Å². The highest BCUT2D eigenvalue weighted by molar-refractivity contribution is 7.91. The highest BCUT2D eigenvalue weighted by Gasteiger charge is 2.23. The Morgan fingerprint density at radius 3 is 2.30 bits per heavy atom. The van der Waals surface area contributed by atoms with Gasteiger partial charge in [-0.1, -0.05) is 41.9 Å². The van der Waals surface area contributed by atoms with Gasteiger partial charge in [0.25, 0.3) is 5.91 Å². The van der Waals surface area contributed by atoms with Crippen molar-refractivity contribution in [1.29, 1.82) is 0 Å². The van der Waals surface area contributed by atoms with Gasteiger partial charge in [0.1, 0.15) is 5.00 Å². The molecule has 0 spiro atoms. The number of benzene rings is 2. The van der Waals surface area contributed by atoms with Crippen LogP contribution in [0.3, 0.4) is 0 Å². The summed E-state index contributed by atoms with van der Waals surface area (Å²) in [4.78, 5) is 25.5. The number of nitrogens with one attached hydrogen (secondary N) is 1. The van der Waals surface area contributed by atoms with E-state index in [1.165, 1.54) is 35.6 Å². The SMILES string of the molecule is Cc1sc(NC(=O)CCS(=O)(=O)c2ccc(Cl)cc2)c(C(N)=O)c1-c1ccccc1. The molecule has 9 heteroatoms. The van der Waals surface area contributed by atoms with Gasteiger partial charge in [0, 0.05) is 21.9 Å². The fourth-order valence-corrected chi connectivity index (χ4v) is 5.46. The molecular formula is C21H19ClN2O4S2. The standard InChI is InChI=1S/C21H19ClN2O4S2/c1-13-18(14-5-3-2-4-6-14)19(20(23)26)21(29-13)24-17(25)11-12-30(27,28)16-9-7-15(22)8-10-16/h2-10H,11-12H2,1H3,(H2,23,26)(H,24,25). The minimum atomic E-state index is -3.64. The third-order valence-corrected chi connectivity index (χ3v) is 7.42. The number of hydrogen-bond donors (Lipinski definition) is 2. The quantitative estimate of drug-likeness (QED) is 0.546. The van der Waals surface area contributed by atoms with E-state index in [1.54, 1.807) is 0 Å². The molecule has 0 bridgehead atoms. The average molecular weight is 463 g/mol. The zero-order chi connectivity index (χ0) is 21.9. The largest absolute Gasteiger partial charge is 0.365 e. The molecule has 6 nitrogen and oxygen atoms in total. The number of nitrogens with two attached hydrogens (primary N) is 1. The number of carbonyl (C=O) groups excluding carboxylic acids is 2. The molecule has 2 amide bonds. The number of rotatable bonds is 7. The summed E-state index contributed by atoms with van der Waals surface area (Å²) in [5.74, 6) is -1.55. The second-order valence-corrected chi connectivity index (χ2v) is 10.3. The number of hydrogen-bond acceptors (Lipinski definition) is 5. The summed E-state index contributed by atoms with van der Waals surface area (Å²) in [5, 5.41) is 3.39. The van der Waals surface area contributed by atoms with E-state index in [2.05, 4.69) is 5.32 Å². The number of primary amides is 1. The Balaban J connectivity index is 1.79. The minimum absolute atomic E-state index is 0.0934. The summed E-state index contributed by atoms with van der Waals surface area (Å²) in [6.07, 6.45) is -0.263. The first-order valence-electron chi connectivity index (χ1n) is 8.96. The van der Waals surface area contributed by atoms with Crippen molar-refractivity contribution in [3.8, 4) is 11.1 Å². The Morgan fingerprint density at radius 2 is 1.70 bits per heavy atom. The number of halogens is 1. The Labute approximate surface area is 183 Å². The van der Waals surface area contributed by atoms with Gasteiger partial charge in [-0.05, 0) is 36.8 Å². The average Bonchev–Trinajstić information content (AvgIpc) is 3.03. The fourth-order valence-electron chi connectivity index (χ4n) is 3.00. The number of carbonyl (C=O) groups is 2. The molecule has 3 aromatic rings. The molecule has 1 aromatic heterocycles. The predicted molar refractivity (Wildman–Crippen MR) is 120 cm³/mol. The van der Waals surface area contributed by atoms with Crippen molar-refractivity contribution in [2.75, 3.05) is 11.1 Å². The molecule has 3 N–H and O–H groups in total. The zero-order valence-electron chi connectivity index (χ0n) is 16.0. The van der Waals surface area contributed by atoms with Crippen molar-refractivity contribution in [3.63, 3.8) is 0 Å². The summed E-state index contributed by atoms with van der Waals surface area (Å²) in [7, 11) is -3.64. The lowest BCUT2D eigenvalue weighted by Crippen LogP contribution is -2.19. The molecule has 1 heterocycles. The van der Waals surface area contributed by atoms with Gasteiger partial charge in [-0.25, -0.2) is 8.42 Å². The molecule has 0 aliphatic carbocycles. The van der Waals surface area contributed by atoms with Crippen LogP contribution in [0.2, 0.25) is 5.02 Å². The smallest absolute Gasteiger partial charge is 0.252 e. The van der Waals surface area contributed by atoms with Gasteiger partial charge in [-0.2, -0.15) is 0 Å². The molecule has 0 saturated heterocycles. The molecule has 156 valence electrons. The van der Waals surface area contributed by atoms with Gasteiger partial charge in [-0.15, -0.1) is 11.3 Å². The van der Waals surface area contributed by atoms with Crippen molar-refractivity contribution < 1.29 is 18.0 Å². The van der Waals surface area contributed by atoms with Gasteiger partial charge in [0.15, 0.2) is 9.84 Å². The summed E-state index contributed by atoms with van der Waals surface area (Å²) in [6.45, 7) is 1.83. The van der Waals surface area contributed by atoms with Crippen LogP contribution in [0, 0.1) is 6.92 Å². The van der Waals surface area contributed by atoms with Gasteiger partial charge in [-0.3, -0.25) is 9.59 Å². The second-order valence-electron chi connectivity index (χ2n) is 6.54. The van der Waals surface area contributed by atoms with Crippen LogP contribution in [-0.2, 0) is 14.6 Å². The molecule has 0 saturated carbocycles. The van der Waals surface area contributed by atoms with Crippen LogP contribution >= 0.6 is 22.9 Å². The van der Waals surface area contributed by atoms with Crippen molar-refractivity contribution in [3.05, 3.63) is 70.1 Å². The minimum Gasteiger partial charge on any atom is -0.365 e. The van der Waals surface area contributed by atoms with Crippen molar-refractivity contribution in [2.24, 2.45) is 5.73 Å². The van der Waals surface area contributed by atoms with E-state index in [0.29, 0.717) is 15.6 Å². The monoisotopic (exact) mass is 462 g/mol. The number of aryl methyl sites for hydroxylation is 1. The van der Waals surface area contributed by atoms with Crippen molar-refractivity contribution >= 4 is 49.6 Å². The first-order chi connectivity index (χ1) is 14.2. The predicted octanol–water partition coefficient (Wildman–Crippen LogP) is 4.28. The van der Waals surface area contributed by atoms with Crippen molar-refractivity contribution in [2.45, 2.75) is 18.2 Å². The molecular weight excluding hydrogens is 444 g/mol. The molecule has 0 aliphatic rings. The summed E-state index contributed by atoms with van der Waals surface area (Å²) in [6, 6.07) is 15.0. The van der Waals surface area contributed by atoms with Gasteiger partial charge < -0.3 is 11.1 Å². The van der Waals surface area contributed by atoms with Crippen LogP contribution in [0.15, 0.2) is 59.5 Å². The molecule has 0 fully saturated rings. The molecule has 2 aromatic carbocycles. The first-order valence-corrected chi connectivity index (χ1v) is 11.8. The van der Waals surface area contributed by atoms with E-state index in [0.717, 1.165) is 10.4 Å². The molecule has 0 aliphatic heterocycles. The lowest BCUT2D eigenvalue weighted by molar-refractivity contribution is -0.115. The maximum Gasteiger partial charge on any atom is 0.252 e. The highest BCUT2D eigenvalue weighted by Crippen LogP contribution is 2.39. The summed E-state index contributed by atoms with van der Waals surface area (Å²) >= 11 is 7.01.